The fourth-order valence-electron chi connectivity index (χ4n) is 7.17. The summed E-state index contributed by atoms with van der Waals surface area (Å²) in [6.07, 6.45) is 4.80. The average Bonchev–Trinajstić information content (AvgIpc) is 3.67. The van der Waals surface area contributed by atoms with Crippen molar-refractivity contribution in [2.45, 2.75) is 52.4 Å². The van der Waals surface area contributed by atoms with Crippen LogP contribution in [0.15, 0.2) is 42.5 Å². The van der Waals surface area contributed by atoms with Gasteiger partial charge in [-0.05, 0) is 79.3 Å². The molecule has 7 nitrogen and oxygen atoms in total. The first-order chi connectivity index (χ1) is 17.9. The molecule has 3 amide bonds. The summed E-state index contributed by atoms with van der Waals surface area (Å²) in [5.74, 6) is -0.582. The van der Waals surface area contributed by atoms with Gasteiger partial charge < -0.3 is 9.64 Å². The van der Waals surface area contributed by atoms with Gasteiger partial charge in [0.2, 0.25) is 17.7 Å². The first kappa shape index (κ1) is 23.9. The smallest absolute Gasteiger partial charge is 0.316 e. The van der Waals surface area contributed by atoms with E-state index in [4.69, 9.17) is 4.74 Å². The molecular weight excluding hydrogens is 468 g/mol. The number of imide groups is 1. The Balaban J connectivity index is 1.14. The van der Waals surface area contributed by atoms with Crippen LogP contribution in [0.1, 0.15) is 50.7 Å². The standard InChI is InChI=1S/C30H32N2O5/c1-3-17-6-5-7-18(4-2)27(17)31-16-21(15-24(31)33)30(36)37-23-12-10-22(11-13-23)32-28(34)25-19-8-9-20(14-19)26(25)29(32)35/h5-7,10-13,19-21,25-26H,3-4,8-9,14-16H2,1-2H3/t19-,20-,21+,25-,26+/m0/s1. The molecule has 0 N–H and O–H groups in total. The van der Waals surface area contributed by atoms with Crippen LogP contribution in [-0.2, 0) is 32.0 Å². The van der Waals surface area contributed by atoms with Crippen LogP contribution >= 0.6 is 0 Å². The van der Waals surface area contributed by atoms with Crippen LogP contribution in [-0.4, -0.2) is 30.2 Å². The zero-order valence-corrected chi connectivity index (χ0v) is 21.3. The monoisotopic (exact) mass is 500 g/mol. The third kappa shape index (κ3) is 3.78. The molecule has 2 aliphatic carbocycles. The molecule has 2 aliphatic heterocycles. The second kappa shape index (κ2) is 9.12. The third-order valence-electron chi connectivity index (χ3n) is 8.93. The summed E-state index contributed by atoms with van der Waals surface area (Å²) in [5, 5.41) is 0. The van der Waals surface area contributed by atoms with Crippen molar-refractivity contribution in [1.82, 2.24) is 0 Å². The van der Waals surface area contributed by atoms with Gasteiger partial charge in [-0.2, -0.15) is 0 Å². The highest BCUT2D eigenvalue weighted by Crippen LogP contribution is 2.56. The van der Waals surface area contributed by atoms with E-state index < -0.39 is 11.9 Å². The van der Waals surface area contributed by atoms with E-state index in [1.165, 1.54) is 4.90 Å². The predicted octanol–water partition coefficient (Wildman–Crippen LogP) is 4.31. The number of para-hydroxylation sites is 1. The number of benzene rings is 2. The molecule has 4 fully saturated rings. The molecule has 192 valence electrons. The van der Waals surface area contributed by atoms with Crippen molar-refractivity contribution in [3.63, 3.8) is 0 Å². The van der Waals surface area contributed by atoms with Gasteiger partial charge in [-0.25, -0.2) is 0 Å². The summed E-state index contributed by atoms with van der Waals surface area (Å²) < 4.78 is 5.63. The van der Waals surface area contributed by atoms with Crippen molar-refractivity contribution in [2.24, 2.45) is 29.6 Å². The SMILES string of the molecule is CCc1cccc(CC)c1N1C[C@H](C(=O)Oc2ccc(N3C(=O)[C@@H]4[C@H]5CC[C@@H](C5)[C@@H]4C3=O)cc2)CC1=O. The van der Waals surface area contributed by atoms with Gasteiger partial charge in [0.25, 0.3) is 0 Å². The average molecular weight is 501 g/mol. The molecule has 0 unspecified atom stereocenters. The summed E-state index contributed by atoms with van der Waals surface area (Å²) >= 11 is 0. The second-order valence-corrected chi connectivity index (χ2v) is 10.8. The minimum Gasteiger partial charge on any atom is -0.426 e. The van der Waals surface area contributed by atoms with Crippen LogP contribution in [0, 0.1) is 29.6 Å². The fraction of sp³-hybridized carbons (Fsp3) is 0.467. The number of hydrogen-bond acceptors (Lipinski definition) is 5. The number of hydrogen-bond donors (Lipinski definition) is 0. The lowest BCUT2D eigenvalue weighted by atomic mass is 9.81. The summed E-state index contributed by atoms with van der Waals surface area (Å²) in [6, 6.07) is 12.6. The fourth-order valence-corrected chi connectivity index (χ4v) is 7.17. The number of aryl methyl sites for hydroxylation is 2. The van der Waals surface area contributed by atoms with Crippen molar-refractivity contribution in [2.75, 3.05) is 16.3 Å². The quantitative estimate of drug-likeness (QED) is 0.335. The summed E-state index contributed by atoms with van der Waals surface area (Å²) in [4.78, 5) is 55.1. The van der Waals surface area contributed by atoms with Crippen molar-refractivity contribution in [3.05, 3.63) is 53.6 Å². The van der Waals surface area contributed by atoms with Crippen LogP contribution in [0.2, 0.25) is 0 Å². The molecule has 5 atom stereocenters. The van der Waals surface area contributed by atoms with Crippen LogP contribution in [0.5, 0.6) is 5.75 Å². The summed E-state index contributed by atoms with van der Waals surface area (Å²) in [7, 11) is 0. The van der Waals surface area contributed by atoms with E-state index >= 15 is 0 Å². The maximum Gasteiger partial charge on any atom is 0.316 e. The first-order valence-corrected chi connectivity index (χ1v) is 13.5. The Kier molecular flexibility index (Phi) is 5.89. The van der Waals surface area contributed by atoms with Gasteiger partial charge in [0, 0.05) is 18.7 Å². The van der Waals surface area contributed by atoms with Crippen molar-refractivity contribution >= 4 is 35.1 Å². The Morgan fingerprint density at radius 2 is 1.49 bits per heavy atom. The molecule has 37 heavy (non-hydrogen) atoms. The van der Waals surface area contributed by atoms with Crippen LogP contribution < -0.4 is 14.5 Å². The van der Waals surface area contributed by atoms with Gasteiger partial charge in [-0.1, -0.05) is 32.0 Å². The zero-order valence-electron chi connectivity index (χ0n) is 21.3. The Morgan fingerprint density at radius 1 is 0.892 bits per heavy atom. The van der Waals surface area contributed by atoms with Gasteiger partial charge >= 0.3 is 5.97 Å². The number of carbonyl (C=O) groups excluding carboxylic acids is 4. The van der Waals surface area contributed by atoms with Gasteiger partial charge in [0.1, 0.15) is 5.75 Å². The summed E-state index contributed by atoms with van der Waals surface area (Å²) in [5.41, 5.74) is 3.64. The number of carbonyl (C=O) groups is 4. The first-order valence-electron chi connectivity index (χ1n) is 13.5. The van der Waals surface area contributed by atoms with Gasteiger partial charge in [0.05, 0.1) is 23.4 Å². The molecule has 6 rings (SSSR count). The van der Waals surface area contributed by atoms with E-state index in [0.717, 1.165) is 48.9 Å². The molecular formula is C30H32N2O5. The lowest BCUT2D eigenvalue weighted by molar-refractivity contribution is -0.139. The van der Waals surface area contributed by atoms with Gasteiger partial charge in [-0.15, -0.1) is 0 Å². The maximum absolute atomic E-state index is 13.1. The molecule has 0 aromatic heterocycles. The summed E-state index contributed by atoms with van der Waals surface area (Å²) in [6.45, 7) is 4.42. The number of amides is 3. The lowest BCUT2D eigenvalue weighted by Gasteiger charge is -2.23. The zero-order chi connectivity index (χ0) is 25.8. The van der Waals surface area contributed by atoms with Crippen LogP contribution in [0.3, 0.4) is 0 Å². The number of esters is 1. The number of fused-ring (bicyclic) bond motifs is 5. The molecule has 0 radical (unpaired) electrons. The second-order valence-electron chi connectivity index (χ2n) is 10.8. The topological polar surface area (TPSA) is 84.0 Å². The Labute approximate surface area is 216 Å². The van der Waals surface area contributed by atoms with Crippen molar-refractivity contribution in [3.8, 4) is 5.75 Å². The van der Waals surface area contributed by atoms with E-state index in [2.05, 4.69) is 13.8 Å². The Bertz CT molecular complexity index is 1240. The van der Waals surface area contributed by atoms with E-state index in [0.29, 0.717) is 29.8 Å². The molecule has 4 aliphatic rings. The number of rotatable bonds is 6. The predicted molar refractivity (Wildman–Crippen MR) is 138 cm³/mol. The highest BCUT2D eigenvalue weighted by molar-refractivity contribution is 6.22. The normalized spacial score (nSPS) is 28.4. The van der Waals surface area contributed by atoms with Crippen LogP contribution in [0.4, 0.5) is 11.4 Å². The lowest BCUT2D eigenvalue weighted by Crippen LogP contribution is -2.32. The van der Waals surface area contributed by atoms with Crippen LogP contribution in [0.25, 0.3) is 0 Å². The Morgan fingerprint density at radius 3 is 2.05 bits per heavy atom. The molecule has 2 heterocycles. The minimum absolute atomic E-state index is 0.0709. The molecule has 2 saturated carbocycles. The van der Waals surface area contributed by atoms with Crippen molar-refractivity contribution in [1.29, 1.82) is 0 Å². The van der Waals surface area contributed by atoms with E-state index in [1.54, 1.807) is 29.2 Å². The molecule has 2 aromatic carbocycles. The maximum atomic E-state index is 13.1. The van der Waals surface area contributed by atoms with Gasteiger partial charge in [0.15, 0.2) is 0 Å². The largest absolute Gasteiger partial charge is 0.426 e. The number of anilines is 2. The van der Waals surface area contributed by atoms with Crippen molar-refractivity contribution < 1.29 is 23.9 Å². The Hall–Kier alpha value is -3.48. The minimum atomic E-state index is -0.557. The highest BCUT2D eigenvalue weighted by Gasteiger charge is 2.61. The molecule has 2 bridgehead atoms. The van der Waals surface area contributed by atoms with E-state index in [1.807, 2.05) is 18.2 Å². The molecule has 2 aromatic rings. The molecule has 7 heteroatoms. The molecule has 2 saturated heterocycles. The van der Waals surface area contributed by atoms with Gasteiger partial charge in [-0.3, -0.25) is 24.1 Å². The molecule has 0 spiro atoms. The number of ether oxygens (including phenoxy) is 1. The third-order valence-corrected chi connectivity index (χ3v) is 8.93. The number of nitrogens with zero attached hydrogens (tertiary/aromatic N) is 2. The van der Waals surface area contributed by atoms with E-state index in [-0.39, 0.29) is 36.0 Å². The van der Waals surface area contributed by atoms with E-state index in [9.17, 15) is 19.2 Å². The highest BCUT2D eigenvalue weighted by atomic mass is 16.5.